The van der Waals surface area contributed by atoms with E-state index in [0.717, 1.165) is 44.5 Å². The first kappa shape index (κ1) is 26.0. The third-order valence-corrected chi connectivity index (χ3v) is 8.32. The van der Waals surface area contributed by atoms with Gasteiger partial charge in [-0.3, -0.25) is 9.36 Å². The Bertz CT molecular complexity index is 2150. The molecule has 7 rings (SSSR count). The Morgan fingerprint density at radius 1 is 0.667 bits per heavy atom. The Labute approximate surface area is 245 Å². The summed E-state index contributed by atoms with van der Waals surface area (Å²) in [4.78, 5) is 21.9. The first-order valence-electron chi connectivity index (χ1n) is 14.7. The molecule has 7 aromatic rings. The van der Waals surface area contributed by atoms with Crippen LogP contribution in [0.5, 0.6) is 0 Å². The van der Waals surface area contributed by atoms with Gasteiger partial charge in [-0.05, 0) is 56.6 Å². The molecular formula is C38H33N3O. The number of aromatic nitrogens is 3. The van der Waals surface area contributed by atoms with Crippen molar-refractivity contribution in [2.75, 3.05) is 0 Å². The second-order valence-electron chi connectivity index (χ2n) is 11.7. The zero-order valence-corrected chi connectivity index (χ0v) is 24.3. The summed E-state index contributed by atoms with van der Waals surface area (Å²) >= 11 is 0. The number of benzene rings is 5. The summed E-state index contributed by atoms with van der Waals surface area (Å²) in [7, 11) is 0. The standard InChI is InChI=1S/C38H33N3O/c1-23(2)28-14-9-15-29(24(3)4)37(28)41-22-33(40-38(41)31-16-7-11-25-10-5-6-13-30(25)31)32-21-20-27-19-18-26-12-8-17-34(42)35(26)36(27)39-32/h5-24,39H,1-4H3. The second kappa shape index (κ2) is 10.1. The number of hydrogen-bond acceptors (Lipinski definition) is 2. The number of nitrogens with zero attached hydrogens (tertiary/aromatic N) is 2. The summed E-state index contributed by atoms with van der Waals surface area (Å²) in [6.07, 6.45) is 2.16. The first-order chi connectivity index (χ1) is 20.4. The van der Waals surface area contributed by atoms with E-state index in [2.05, 4.69) is 122 Å². The lowest BCUT2D eigenvalue weighted by Crippen LogP contribution is -2.08. The van der Waals surface area contributed by atoms with Gasteiger partial charge in [0.15, 0.2) is 5.43 Å². The Hall–Kier alpha value is -4.96. The first-order valence-corrected chi connectivity index (χ1v) is 14.7. The van der Waals surface area contributed by atoms with E-state index in [-0.39, 0.29) is 5.43 Å². The van der Waals surface area contributed by atoms with E-state index in [1.54, 1.807) is 6.07 Å². The molecule has 2 aromatic heterocycles. The van der Waals surface area contributed by atoms with E-state index in [1.807, 2.05) is 18.2 Å². The minimum atomic E-state index is 0.0147. The van der Waals surface area contributed by atoms with Crippen molar-refractivity contribution in [1.29, 1.82) is 0 Å². The van der Waals surface area contributed by atoms with E-state index < -0.39 is 0 Å². The highest BCUT2D eigenvalue weighted by atomic mass is 16.1. The van der Waals surface area contributed by atoms with Crippen LogP contribution in [0.15, 0.2) is 114 Å². The van der Waals surface area contributed by atoms with Gasteiger partial charge in [0.1, 0.15) is 11.5 Å². The number of fused-ring (bicyclic) bond motifs is 4. The maximum absolute atomic E-state index is 13.0. The predicted octanol–water partition coefficient (Wildman–Crippen LogP) is 9.60. The molecule has 0 unspecified atom stereocenters. The molecule has 2 heterocycles. The molecule has 0 aliphatic carbocycles. The number of nitrogens with one attached hydrogen (secondary N) is 1. The zero-order chi connectivity index (χ0) is 29.0. The van der Waals surface area contributed by atoms with Gasteiger partial charge in [0.05, 0.1) is 22.3 Å². The van der Waals surface area contributed by atoms with Crippen LogP contribution in [0.25, 0.3) is 60.9 Å². The maximum atomic E-state index is 13.0. The molecule has 206 valence electrons. The van der Waals surface area contributed by atoms with Gasteiger partial charge in [-0.25, -0.2) is 4.98 Å². The molecular weight excluding hydrogens is 514 g/mol. The molecule has 0 amide bonds. The molecule has 4 nitrogen and oxygen atoms in total. The number of hydrogen-bond donors (Lipinski definition) is 1. The van der Waals surface area contributed by atoms with Crippen molar-refractivity contribution in [3.63, 3.8) is 0 Å². The predicted molar refractivity (Wildman–Crippen MR) is 176 cm³/mol. The molecule has 0 bridgehead atoms. The van der Waals surface area contributed by atoms with Crippen molar-refractivity contribution in [3.8, 4) is 28.5 Å². The van der Waals surface area contributed by atoms with Crippen LogP contribution in [0.2, 0.25) is 0 Å². The van der Waals surface area contributed by atoms with Crippen LogP contribution in [-0.2, 0) is 0 Å². The van der Waals surface area contributed by atoms with Crippen LogP contribution in [-0.4, -0.2) is 14.5 Å². The smallest absolute Gasteiger partial charge is 0.188 e. The van der Waals surface area contributed by atoms with Crippen molar-refractivity contribution in [2.45, 2.75) is 39.5 Å². The average molecular weight is 548 g/mol. The van der Waals surface area contributed by atoms with E-state index >= 15 is 0 Å². The Kier molecular flexibility index (Phi) is 6.27. The second-order valence-corrected chi connectivity index (χ2v) is 11.7. The minimum Gasteiger partial charge on any atom is -0.353 e. The molecule has 0 aliphatic rings. The van der Waals surface area contributed by atoms with Gasteiger partial charge in [-0.15, -0.1) is 0 Å². The monoisotopic (exact) mass is 547 g/mol. The lowest BCUT2D eigenvalue weighted by molar-refractivity contribution is 0.807. The molecule has 0 atom stereocenters. The van der Waals surface area contributed by atoms with E-state index in [4.69, 9.17) is 4.98 Å². The highest BCUT2D eigenvalue weighted by molar-refractivity contribution is 6.05. The maximum Gasteiger partial charge on any atom is 0.188 e. The summed E-state index contributed by atoms with van der Waals surface area (Å²) in [5, 5.41) is 4.97. The van der Waals surface area contributed by atoms with E-state index in [1.165, 1.54) is 22.2 Å². The quantitative estimate of drug-likeness (QED) is 0.218. The third kappa shape index (κ3) is 4.22. The number of pyridine rings is 1. The van der Waals surface area contributed by atoms with Gasteiger partial charge in [0.2, 0.25) is 0 Å². The molecule has 42 heavy (non-hydrogen) atoms. The highest BCUT2D eigenvalue weighted by Crippen LogP contribution is 2.38. The molecule has 0 saturated carbocycles. The Morgan fingerprint density at radius 2 is 1.31 bits per heavy atom. The van der Waals surface area contributed by atoms with Crippen LogP contribution < -0.4 is 5.43 Å². The Morgan fingerprint density at radius 3 is 2.10 bits per heavy atom. The normalized spacial score (nSPS) is 11.9. The van der Waals surface area contributed by atoms with Crippen molar-refractivity contribution >= 4 is 32.4 Å². The number of para-hydroxylation sites is 1. The number of imidazole rings is 1. The molecule has 0 spiro atoms. The molecule has 0 fully saturated rings. The van der Waals surface area contributed by atoms with Crippen LogP contribution in [0, 0.1) is 0 Å². The van der Waals surface area contributed by atoms with E-state index in [9.17, 15) is 4.79 Å². The molecule has 0 radical (unpaired) electrons. The lowest BCUT2D eigenvalue weighted by atomic mass is 9.92. The van der Waals surface area contributed by atoms with Crippen LogP contribution >= 0.6 is 0 Å². The molecule has 0 aliphatic heterocycles. The van der Waals surface area contributed by atoms with Crippen LogP contribution in [0.3, 0.4) is 0 Å². The SMILES string of the molecule is CC(C)c1cccc(C(C)C)c1-n1cc(-c2ccc3ccc4cccc(=O)c4c3[nH]2)nc1-c1cccc2ccccc12. The van der Waals surface area contributed by atoms with Gasteiger partial charge < -0.3 is 4.98 Å². The van der Waals surface area contributed by atoms with Gasteiger partial charge in [-0.2, -0.15) is 0 Å². The summed E-state index contributed by atoms with van der Waals surface area (Å²) in [6.45, 7) is 9.00. The van der Waals surface area contributed by atoms with Crippen molar-refractivity contribution in [2.24, 2.45) is 0 Å². The van der Waals surface area contributed by atoms with Gasteiger partial charge >= 0.3 is 0 Å². The topological polar surface area (TPSA) is 50.7 Å². The fourth-order valence-corrected chi connectivity index (χ4v) is 6.21. The summed E-state index contributed by atoms with van der Waals surface area (Å²) in [5.74, 6) is 1.56. The number of H-pyrrole nitrogens is 1. The van der Waals surface area contributed by atoms with Gasteiger partial charge in [0, 0.05) is 11.8 Å². The third-order valence-electron chi connectivity index (χ3n) is 8.32. The Balaban J connectivity index is 1.55. The molecule has 0 saturated heterocycles. The van der Waals surface area contributed by atoms with Crippen LogP contribution in [0.4, 0.5) is 0 Å². The minimum absolute atomic E-state index is 0.0147. The zero-order valence-electron chi connectivity index (χ0n) is 24.3. The van der Waals surface area contributed by atoms with Gasteiger partial charge in [0.25, 0.3) is 0 Å². The average Bonchev–Trinajstić information content (AvgIpc) is 3.45. The largest absolute Gasteiger partial charge is 0.353 e. The number of rotatable bonds is 5. The summed E-state index contributed by atoms with van der Waals surface area (Å²) in [5.41, 5.74) is 7.40. The molecule has 5 aromatic carbocycles. The van der Waals surface area contributed by atoms with Crippen molar-refractivity contribution in [1.82, 2.24) is 14.5 Å². The molecule has 4 heteroatoms. The summed E-state index contributed by atoms with van der Waals surface area (Å²) in [6, 6.07) is 35.2. The summed E-state index contributed by atoms with van der Waals surface area (Å²) < 4.78 is 2.29. The fraction of sp³-hybridized carbons (Fsp3) is 0.158. The van der Waals surface area contributed by atoms with E-state index in [0.29, 0.717) is 17.2 Å². The van der Waals surface area contributed by atoms with Gasteiger partial charge in [-0.1, -0.05) is 119 Å². The highest BCUT2D eigenvalue weighted by Gasteiger charge is 2.22. The van der Waals surface area contributed by atoms with Crippen LogP contribution in [0.1, 0.15) is 50.7 Å². The lowest BCUT2D eigenvalue weighted by Gasteiger charge is -2.22. The molecule has 1 N–H and O–H groups in total. The van der Waals surface area contributed by atoms with Crippen molar-refractivity contribution < 1.29 is 0 Å². The number of aromatic amines is 1. The van der Waals surface area contributed by atoms with Crippen molar-refractivity contribution in [3.05, 3.63) is 131 Å². The fourth-order valence-electron chi connectivity index (χ4n) is 6.21.